The minimum atomic E-state index is 0.461. The molecule has 3 heteroatoms. The van der Waals surface area contributed by atoms with Gasteiger partial charge in [0.2, 0.25) is 0 Å². The van der Waals surface area contributed by atoms with E-state index >= 15 is 0 Å². The maximum absolute atomic E-state index is 4.75. The number of nitrogens with one attached hydrogen (secondary N) is 1. The van der Waals surface area contributed by atoms with Crippen LogP contribution >= 0.6 is 0 Å². The van der Waals surface area contributed by atoms with E-state index in [0.717, 1.165) is 19.0 Å². The third-order valence-electron chi connectivity index (χ3n) is 3.34. The van der Waals surface area contributed by atoms with Gasteiger partial charge in [-0.05, 0) is 38.0 Å². The number of guanidine groups is 1. The quantitative estimate of drug-likeness (QED) is 0.462. The molecule has 18 heavy (non-hydrogen) atoms. The number of likely N-dealkylation sites (tertiary alicyclic amines) is 1. The Morgan fingerprint density at radius 2 is 1.83 bits per heavy atom. The minimum Gasteiger partial charge on any atom is -0.357 e. The number of aliphatic imine (C=N–C) groups is 1. The van der Waals surface area contributed by atoms with Gasteiger partial charge in [0.25, 0.3) is 0 Å². The minimum absolute atomic E-state index is 0.461. The van der Waals surface area contributed by atoms with Crippen LogP contribution in [0.2, 0.25) is 0 Å². The highest BCUT2D eigenvalue weighted by Crippen LogP contribution is 2.21. The van der Waals surface area contributed by atoms with Crippen molar-refractivity contribution in [3.63, 3.8) is 0 Å². The Hall–Kier alpha value is -0.730. The summed E-state index contributed by atoms with van der Waals surface area (Å²) in [6.07, 6.45) is 6.41. The zero-order valence-corrected chi connectivity index (χ0v) is 12.8. The van der Waals surface area contributed by atoms with Gasteiger partial charge < -0.3 is 10.2 Å². The summed E-state index contributed by atoms with van der Waals surface area (Å²) in [5, 5.41) is 3.41. The van der Waals surface area contributed by atoms with Gasteiger partial charge in [0.05, 0.1) is 0 Å². The molecule has 0 aromatic rings. The zero-order valence-electron chi connectivity index (χ0n) is 12.8. The van der Waals surface area contributed by atoms with E-state index in [1.807, 2.05) is 0 Å². The first-order valence-electron chi connectivity index (χ1n) is 7.56. The van der Waals surface area contributed by atoms with Gasteiger partial charge in [0.1, 0.15) is 0 Å². The van der Waals surface area contributed by atoms with Crippen LogP contribution in [0.5, 0.6) is 0 Å². The molecule has 1 heterocycles. The fourth-order valence-electron chi connectivity index (χ4n) is 2.31. The van der Waals surface area contributed by atoms with Gasteiger partial charge in [0, 0.05) is 26.2 Å². The summed E-state index contributed by atoms with van der Waals surface area (Å²) in [5.74, 6) is 1.13. The van der Waals surface area contributed by atoms with E-state index in [0.29, 0.717) is 5.41 Å². The molecule has 1 aliphatic heterocycles. The smallest absolute Gasteiger partial charge is 0.193 e. The van der Waals surface area contributed by atoms with Crippen LogP contribution in [0.15, 0.2) is 4.99 Å². The average Bonchev–Trinajstić information content (AvgIpc) is 2.79. The summed E-state index contributed by atoms with van der Waals surface area (Å²) >= 11 is 0. The largest absolute Gasteiger partial charge is 0.357 e. The molecule has 1 fully saturated rings. The number of rotatable bonds is 5. The molecule has 1 saturated heterocycles. The molecule has 0 saturated carbocycles. The van der Waals surface area contributed by atoms with Crippen molar-refractivity contribution in [2.75, 3.05) is 26.2 Å². The number of unbranched alkanes of at least 4 members (excludes halogenated alkanes) is 1. The third-order valence-corrected chi connectivity index (χ3v) is 3.34. The van der Waals surface area contributed by atoms with Crippen molar-refractivity contribution in [2.24, 2.45) is 10.4 Å². The monoisotopic (exact) mass is 253 g/mol. The highest BCUT2D eigenvalue weighted by Gasteiger charge is 2.15. The Morgan fingerprint density at radius 3 is 2.39 bits per heavy atom. The van der Waals surface area contributed by atoms with Crippen LogP contribution in [0.3, 0.4) is 0 Å². The summed E-state index contributed by atoms with van der Waals surface area (Å²) in [7, 11) is 0. The molecule has 0 unspecified atom stereocenters. The SMILES string of the molecule is CCNC(=NCCCCC(C)(C)C)N1CCCC1. The van der Waals surface area contributed by atoms with Crippen LogP contribution in [-0.2, 0) is 0 Å². The van der Waals surface area contributed by atoms with Crippen LogP contribution in [0.25, 0.3) is 0 Å². The van der Waals surface area contributed by atoms with Gasteiger partial charge in [-0.2, -0.15) is 0 Å². The summed E-state index contributed by atoms with van der Waals surface area (Å²) in [4.78, 5) is 7.14. The van der Waals surface area contributed by atoms with Gasteiger partial charge in [-0.3, -0.25) is 4.99 Å². The first-order valence-corrected chi connectivity index (χ1v) is 7.56. The van der Waals surface area contributed by atoms with E-state index in [1.54, 1.807) is 0 Å². The molecular weight excluding hydrogens is 222 g/mol. The van der Waals surface area contributed by atoms with Crippen molar-refractivity contribution in [1.29, 1.82) is 0 Å². The average molecular weight is 253 g/mol. The molecule has 106 valence electrons. The maximum Gasteiger partial charge on any atom is 0.193 e. The van der Waals surface area contributed by atoms with Crippen LogP contribution in [-0.4, -0.2) is 37.0 Å². The Morgan fingerprint density at radius 1 is 1.17 bits per heavy atom. The van der Waals surface area contributed by atoms with E-state index in [4.69, 9.17) is 4.99 Å². The van der Waals surface area contributed by atoms with Crippen molar-refractivity contribution in [1.82, 2.24) is 10.2 Å². The lowest BCUT2D eigenvalue weighted by Crippen LogP contribution is -2.39. The molecule has 0 aromatic heterocycles. The molecule has 0 atom stereocenters. The second-order valence-electron chi connectivity index (χ2n) is 6.45. The van der Waals surface area contributed by atoms with Gasteiger partial charge in [-0.1, -0.05) is 27.2 Å². The molecule has 0 amide bonds. The normalized spacial score (nSPS) is 17.3. The lowest BCUT2D eigenvalue weighted by Gasteiger charge is -2.21. The summed E-state index contributed by atoms with van der Waals surface area (Å²) in [6, 6.07) is 0. The summed E-state index contributed by atoms with van der Waals surface area (Å²) in [5.41, 5.74) is 0.461. The molecule has 1 N–H and O–H groups in total. The van der Waals surface area contributed by atoms with Gasteiger partial charge >= 0.3 is 0 Å². The highest BCUT2D eigenvalue weighted by molar-refractivity contribution is 5.80. The first-order chi connectivity index (χ1) is 8.53. The molecule has 1 aliphatic rings. The number of hydrogen-bond donors (Lipinski definition) is 1. The number of hydrogen-bond acceptors (Lipinski definition) is 1. The van der Waals surface area contributed by atoms with Gasteiger partial charge in [0.15, 0.2) is 5.96 Å². The van der Waals surface area contributed by atoms with Crippen LogP contribution in [0, 0.1) is 5.41 Å². The molecule has 3 nitrogen and oxygen atoms in total. The lowest BCUT2D eigenvalue weighted by molar-refractivity contribution is 0.361. The van der Waals surface area contributed by atoms with E-state index in [9.17, 15) is 0 Å². The van der Waals surface area contributed by atoms with Crippen molar-refractivity contribution in [3.8, 4) is 0 Å². The Kier molecular flexibility index (Phi) is 6.51. The van der Waals surface area contributed by atoms with Crippen molar-refractivity contribution < 1.29 is 0 Å². The second-order valence-corrected chi connectivity index (χ2v) is 6.45. The molecular formula is C15H31N3. The maximum atomic E-state index is 4.75. The first kappa shape index (κ1) is 15.3. The molecule has 0 aromatic carbocycles. The van der Waals surface area contributed by atoms with Crippen molar-refractivity contribution >= 4 is 5.96 Å². The summed E-state index contributed by atoms with van der Waals surface area (Å²) < 4.78 is 0. The van der Waals surface area contributed by atoms with Gasteiger partial charge in [-0.25, -0.2) is 0 Å². The van der Waals surface area contributed by atoms with Gasteiger partial charge in [-0.15, -0.1) is 0 Å². The predicted molar refractivity (Wildman–Crippen MR) is 80.1 cm³/mol. The fraction of sp³-hybridized carbons (Fsp3) is 0.933. The Bertz CT molecular complexity index is 247. The predicted octanol–water partition coefficient (Wildman–Crippen LogP) is 3.26. The standard InChI is InChI=1S/C15H31N3/c1-5-16-14(18-12-8-9-13-18)17-11-7-6-10-15(2,3)4/h5-13H2,1-4H3,(H,16,17). The molecule has 0 aliphatic carbocycles. The third kappa shape index (κ3) is 6.27. The number of nitrogens with zero attached hydrogens (tertiary/aromatic N) is 2. The molecule has 1 rings (SSSR count). The lowest BCUT2D eigenvalue weighted by atomic mass is 9.90. The van der Waals surface area contributed by atoms with Crippen LogP contribution in [0.1, 0.15) is 59.8 Å². The molecule has 0 radical (unpaired) electrons. The Labute approximate surface area is 113 Å². The van der Waals surface area contributed by atoms with E-state index in [-0.39, 0.29) is 0 Å². The second kappa shape index (κ2) is 7.65. The molecule has 0 spiro atoms. The highest BCUT2D eigenvalue weighted by atomic mass is 15.3. The van der Waals surface area contributed by atoms with Crippen molar-refractivity contribution in [2.45, 2.75) is 59.8 Å². The van der Waals surface area contributed by atoms with Crippen LogP contribution in [0.4, 0.5) is 0 Å². The summed E-state index contributed by atoms with van der Waals surface area (Å²) in [6.45, 7) is 13.4. The topological polar surface area (TPSA) is 27.6 Å². The molecule has 0 bridgehead atoms. The Balaban J connectivity index is 2.27. The van der Waals surface area contributed by atoms with Crippen molar-refractivity contribution in [3.05, 3.63) is 0 Å². The fourth-order valence-corrected chi connectivity index (χ4v) is 2.31. The zero-order chi connectivity index (χ0) is 13.4. The van der Waals surface area contributed by atoms with E-state index in [1.165, 1.54) is 45.2 Å². The van der Waals surface area contributed by atoms with E-state index < -0.39 is 0 Å². The van der Waals surface area contributed by atoms with Crippen LogP contribution < -0.4 is 5.32 Å². The van der Waals surface area contributed by atoms with E-state index in [2.05, 4.69) is 37.9 Å².